The Balaban J connectivity index is 1.63. The van der Waals surface area contributed by atoms with Gasteiger partial charge >= 0.3 is 5.97 Å². The number of amides is 3. The zero-order chi connectivity index (χ0) is 31.8. The Morgan fingerprint density at radius 3 is 2.45 bits per heavy atom. The van der Waals surface area contributed by atoms with Gasteiger partial charge in [-0.25, -0.2) is 0 Å². The van der Waals surface area contributed by atoms with Gasteiger partial charge < -0.3 is 29.7 Å². The molecule has 5 rings (SSSR count). The van der Waals surface area contributed by atoms with Crippen LogP contribution >= 0.6 is 0 Å². The van der Waals surface area contributed by atoms with Crippen molar-refractivity contribution < 1.29 is 33.8 Å². The van der Waals surface area contributed by atoms with E-state index in [1.54, 1.807) is 23.1 Å². The molecule has 0 saturated carbocycles. The van der Waals surface area contributed by atoms with Gasteiger partial charge in [-0.1, -0.05) is 68.5 Å². The van der Waals surface area contributed by atoms with Gasteiger partial charge in [-0.05, 0) is 45.1 Å². The molecule has 10 nitrogen and oxygen atoms in total. The van der Waals surface area contributed by atoms with E-state index in [0.29, 0.717) is 24.9 Å². The van der Waals surface area contributed by atoms with Crippen molar-refractivity contribution in [3.63, 3.8) is 0 Å². The minimum absolute atomic E-state index is 0.0783. The Hall–Kier alpha value is -3.50. The summed E-state index contributed by atoms with van der Waals surface area (Å²) in [7, 11) is 0. The van der Waals surface area contributed by atoms with E-state index in [2.05, 4.69) is 5.32 Å². The van der Waals surface area contributed by atoms with Crippen LogP contribution < -0.4 is 5.32 Å². The van der Waals surface area contributed by atoms with E-state index in [0.717, 1.165) is 0 Å². The van der Waals surface area contributed by atoms with Crippen LogP contribution in [0.3, 0.4) is 0 Å². The number of carbonyl (C=O) groups excluding carboxylic acids is 4. The number of fused-ring (bicyclic) bond motifs is 2. The van der Waals surface area contributed by atoms with E-state index in [-0.39, 0.29) is 37.3 Å². The van der Waals surface area contributed by atoms with Crippen LogP contribution in [0.15, 0.2) is 54.6 Å². The Labute approximate surface area is 259 Å². The van der Waals surface area contributed by atoms with E-state index in [1.807, 2.05) is 71.0 Å². The number of benzene rings is 1. The summed E-state index contributed by atoms with van der Waals surface area (Å²) in [5.41, 5.74) is -1.30. The summed E-state index contributed by atoms with van der Waals surface area (Å²) >= 11 is 0. The molecule has 2 N–H and O–H groups in total. The summed E-state index contributed by atoms with van der Waals surface area (Å²) in [6.07, 6.45) is 6.62. The molecule has 2 saturated heterocycles. The molecule has 3 amide bonds. The van der Waals surface area contributed by atoms with Gasteiger partial charge in [-0.3, -0.25) is 19.2 Å². The first-order chi connectivity index (χ1) is 20.9. The standard InChI is InChI=1S/C34H45N3O7/c1-21(2)18-23(20-38)37-29-31(41)36(33(3,4)5)17-11-16-34(29)28(30(37)40)27-24(44-34)14-9-10-15-26(39)35-19-25(43-32(27)42)22-12-7-6-8-13-22/h6-9,11-14,16,21,23-25,27-29,38H,10,15,17-20H2,1-5H3,(H,35,39)/b14-9-/t23-,24+,25-,27-,28-,29+,34-/m1/s1. The molecule has 0 bridgehead atoms. The number of allylic oxidation sites excluding steroid dienone is 1. The number of esters is 1. The molecule has 1 aromatic rings. The number of nitrogens with one attached hydrogen (secondary N) is 1. The molecule has 4 aliphatic heterocycles. The lowest BCUT2D eigenvalue weighted by Crippen LogP contribution is -2.60. The number of cyclic esters (lactones) is 1. The van der Waals surface area contributed by atoms with E-state index < -0.39 is 59.1 Å². The quantitative estimate of drug-likeness (QED) is 0.390. The predicted octanol–water partition coefficient (Wildman–Crippen LogP) is 2.92. The minimum atomic E-state index is -1.45. The summed E-state index contributed by atoms with van der Waals surface area (Å²) in [5.74, 6) is -3.46. The van der Waals surface area contributed by atoms with Crippen LogP contribution in [-0.4, -0.2) is 87.6 Å². The normalized spacial score (nSPS) is 32.6. The van der Waals surface area contributed by atoms with Crippen LogP contribution in [0.4, 0.5) is 0 Å². The third-order valence-corrected chi connectivity index (χ3v) is 9.14. The third kappa shape index (κ3) is 5.81. The second kappa shape index (κ2) is 12.5. The lowest BCUT2D eigenvalue weighted by atomic mass is 9.77. The average molecular weight is 608 g/mol. The molecule has 0 unspecified atom stereocenters. The zero-order valence-electron chi connectivity index (χ0n) is 26.3. The zero-order valence-corrected chi connectivity index (χ0v) is 26.3. The Morgan fingerprint density at radius 2 is 1.80 bits per heavy atom. The summed E-state index contributed by atoms with van der Waals surface area (Å²) in [4.78, 5) is 59.2. The Morgan fingerprint density at radius 1 is 1.07 bits per heavy atom. The molecule has 0 aliphatic carbocycles. The smallest absolute Gasteiger partial charge is 0.313 e. The average Bonchev–Trinajstić information content (AvgIpc) is 3.35. The highest BCUT2D eigenvalue weighted by atomic mass is 16.6. The molecule has 4 heterocycles. The molecule has 0 aromatic heterocycles. The van der Waals surface area contributed by atoms with Crippen molar-refractivity contribution in [2.75, 3.05) is 19.7 Å². The van der Waals surface area contributed by atoms with Crippen LogP contribution in [0.25, 0.3) is 0 Å². The number of aliphatic hydroxyl groups is 1. The third-order valence-electron chi connectivity index (χ3n) is 9.14. The fourth-order valence-corrected chi connectivity index (χ4v) is 7.16. The number of rotatable bonds is 5. The van der Waals surface area contributed by atoms with Gasteiger partial charge in [0.05, 0.1) is 31.2 Å². The first-order valence-electron chi connectivity index (χ1n) is 15.7. The summed E-state index contributed by atoms with van der Waals surface area (Å²) in [5, 5.41) is 13.4. The molecule has 238 valence electrons. The van der Waals surface area contributed by atoms with Gasteiger partial charge in [0.1, 0.15) is 23.7 Å². The van der Waals surface area contributed by atoms with Crippen LogP contribution in [0, 0.1) is 17.8 Å². The minimum Gasteiger partial charge on any atom is -0.455 e. The van der Waals surface area contributed by atoms with E-state index in [4.69, 9.17) is 9.47 Å². The Kier molecular flexibility index (Phi) is 9.05. The van der Waals surface area contributed by atoms with Gasteiger partial charge in [0.25, 0.3) is 0 Å². The van der Waals surface area contributed by atoms with E-state index >= 15 is 0 Å². The van der Waals surface area contributed by atoms with Crippen molar-refractivity contribution in [3.05, 3.63) is 60.2 Å². The fraction of sp³-hybridized carbons (Fsp3) is 0.588. The topological polar surface area (TPSA) is 125 Å². The lowest BCUT2D eigenvalue weighted by Gasteiger charge is -2.42. The van der Waals surface area contributed by atoms with Crippen LogP contribution in [0.2, 0.25) is 0 Å². The molecule has 1 spiro atoms. The maximum Gasteiger partial charge on any atom is 0.313 e. The van der Waals surface area contributed by atoms with Gasteiger partial charge in [-0.2, -0.15) is 0 Å². The van der Waals surface area contributed by atoms with Crippen molar-refractivity contribution in [1.82, 2.24) is 15.1 Å². The molecular weight excluding hydrogens is 562 g/mol. The van der Waals surface area contributed by atoms with Crippen molar-refractivity contribution in [2.24, 2.45) is 17.8 Å². The number of nitrogens with zero attached hydrogens (tertiary/aromatic N) is 2. The molecule has 10 heteroatoms. The molecule has 44 heavy (non-hydrogen) atoms. The fourth-order valence-electron chi connectivity index (χ4n) is 7.16. The highest BCUT2D eigenvalue weighted by Gasteiger charge is 2.72. The maximum absolute atomic E-state index is 14.7. The number of aliphatic hydroxyl groups excluding tert-OH is 1. The highest BCUT2D eigenvalue weighted by Crippen LogP contribution is 2.54. The van der Waals surface area contributed by atoms with Crippen molar-refractivity contribution in [2.45, 2.75) is 89.3 Å². The molecule has 2 fully saturated rings. The molecule has 4 aliphatic rings. The highest BCUT2D eigenvalue weighted by molar-refractivity contribution is 5.99. The summed E-state index contributed by atoms with van der Waals surface area (Å²) in [6, 6.07) is 7.44. The van der Waals surface area contributed by atoms with Gasteiger partial charge in [0.15, 0.2) is 0 Å². The maximum atomic E-state index is 14.7. The monoisotopic (exact) mass is 607 g/mol. The first-order valence-corrected chi connectivity index (χ1v) is 15.7. The second-order valence-corrected chi connectivity index (χ2v) is 13.7. The molecule has 0 radical (unpaired) electrons. The number of carbonyl (C=O) groups is 4. The van der Waals surface area contributed by atoms with Crippen LogP contribution in [-0.2, 0) is 28.7 Å². The lowest BCUT2D eigenvalue weighted by molar-refractivity contribution is -0.161. The van der Waals surface area contributed by atoms with Crippen molar-refractivity contribution in [1.29, 1.82) is 0 Å². The first kappa shape index (κ1) is 31.9. The molecule has 7 atom stereocenters. The summed E-state index contributed by atoms with van der Waals surface area (Å²) in [6.45, 7) is 9.88. The Bertz CT molecular complexity index is 1320. The predicted molar refractivity (Wildman–Crippen MR) is 163 cm³/mol. The van der Waals surface area contributed by atoms with Crippen molar-refractivity contribution in [3.8, 4) is 0 Å². The van der Waals surface area contributed by atoms with Crippen LogP contribution in [0.5, 0.6) is 0 Å². The van der Waals surface area contributed by atoms with Gasteiger partial charge in [-0.15, -0.1) is 0 Å². The number of hydrogen-bond donors (Lipinski definition) is 2. The number of likely N-dealkylation sites (tertiary alicyclic amines) is 1. The van der Waals surface area contributed by atoms with Crippen molar-refractivity contribution >= 4 is 23.7 Å². The van der Waals surface area contributed by atoms with Gasteiger partial charge in [0.2, 0.25) is 17.7 Å². The van der Waals surface area contributed by atoms with E-state index in [1.165, 1.54) is 4.90 Å². The molecular formula is C34H45N3O7. The largest absolute Gasteiger partial charge is 0.455 e. The van der Waals surface area contributed by atoms with E-state index in [9.17, 15) is 24.3 Å². The number of hydrogen-bond acceptors (Lipinski definition) is 7. The summed E-state index contributed by atoms with van der Waals surface area (Å²) < 4.78 is 12.9. The second-order valence-electron chi connectivity index (χ2n) is 13.7. The molecule has 1 aromatic carbocycles. The van der Waals surface area contributed by atoms with Crippen LogP contribution in [0.1, 0.15) is 65.5 Å². The van der Waals surface area contributed by atoms with Gasteiger partial charge in [0, 0.05) is 18.5 Å². The number of ether oxygens (including phenoxy) is 2. The SMILES string of the molecule is CC(C)C[C@H](CO)N1C(=O)[C@H]2[C@@H]3C(=O)O[C@@H](c4ccccc4)CNC(=O)CC/C=C\[C@@H]3O[C@]23C=CCN(C(C)(C)C)C(=O)[C@H]13.